The Morgan fingerprint density at radius 3 is 2.50 bits per heavy atom. The van der Waals surface area contributed by atoms with Gasteiger partial charge in [0.2, 0.25) is 0 Å². The monoisotopic (exact) mass is 319 g/mol. The van der Waals surface area contributed by atoms with E-state index < -0.39 is 17.9 Å². The van der Waals surface area contributed by atoms with Gasteiger partial charge in [0.1, 0.15) is 6.04 Å². The van der Waals surface area contributed by atoms with E-state index in [1.54, 1.807) is 0 Å². The maximum absolute atomic E-state index is 12.1. The van der Waals surface area contributed by atoms with Gasteiger partial charge in [0.15, 0.2) is 10.8 Å². The minimum Gasteiger partial charge on any atom is -0.467 e. The second-order valence-corrected chi connectivity index (χ2v) is 4.87. The number of amides is 1. The van der Waals surface area contributed by atoms with Crippen molar-refractivity contribution in [2.24, 2.45) is 0 Å². The number of carbonyl (C=O) groups excluding carboxylic acids is 2. The van der Waals surface area contributed by atoms with Gasteiger partial charge in [-0.05, 0) is 17.7 Å². The van der Waals surface area contributed by atoms with Crippen LogP contribution in [0.15, 0.2) is 42.5 Å². The maximum Gasteiger partial charge on any atom is 0.328 e. The first kappa shape index (κ1) is 15.9. The lowest BCUT2D eigenvalue weighted by molar-refractivity contribution is -0.142. The topological polar surface area (TPSA) is 81.2 Å². The Balaban J connectivity index is 2.11. The lowest BCUT2D eigenvalue weighted by atomic mass is 10.1. The molecule has 0 aliphatic carbocycles. The van der Waals surface area contributed by atoms with Crippen molar-refractivity contribution in [2.75, 3.05) is 7.11 Å². The third-order valence-electron chi connectivity index (χ3n) is 2.94. The van der Waals surface area contributed by atoms with Crippen LogP contribution >= 0.6 is 11.6 Å². The lowest BCUT2D eigenvalue weighted by Crippen LogP contribution is -2.43. The Kier molecular flexibility index (Phi) is 5.43. The van der Waals surface area contributed by atoms with E-state index in [9.17, 15) is 9.59 Å². The largest absolute Gasteiger partial charge is 0.467 e. The first-order valence-corrected chi connectivity index (χ1v) is 6.90. The fourth-order valence-corrected chi connectivity index (χ4v) is 1.96. The van der Waals surface area contributed by atoms with Crippen LogP contribution in [0.2, 0.25) is 5.15 Å². The minimum absolute atomic E-state index is 0.0753. The fraction of sp³-hybridized carbons (Fsp3) is 0.200. The first-order valence-electron chi connectivity index (χ1n) is 6.52. The van der Waals surface area contributed by atoms with E-state index in [4.69, 9.17) is 16.3 Å². The molecule has 1 aromatic carbocycles. The number of aromatic nitrogens is 2. The molecule has 114 valence electrons. The zero-order chi connectivity index (χ0) is 15.9. The highest BCUT2D eigenvalue weighted by atomic mass is 35.5. The van der Waals surface area contributed by atoms with Crippen LogP contribution in [0.4, 0.5) is 0 Å². The number of esters is 1. The third kappa shape index (κ3) is 4.26. The van der Waals surface area contributed by atoms with E-state index in [1.807, 2.05) is 30.3 Å². The van der Waals surface area contributed by atoms with Crippen molar-refractivity contribution in [1.82, 2.24) is 15.5 Å². The number of halogens is 1. The average molecular weight is 320 g/mol. The molecule has 1 atom stereocenters. The molecule has 0 saturated carbocycles. The van der Waals surface area contributed by atoms with Crippen LogP contribution in [0.25, 0.3) is 0 Å². The van der Waals surface area contributed by atoms with Gasteiger partial charge in [-0.1, -0.05) is 41.9 Å². The van der Waals surface area contributed by atoms with Crippen molar-refractivity contribution in [3.63, 3.8) is 0 Å². The number of hydrogen-bond acceptors (Lipinski definition) is 5. The Morgan fingerprint density at radius 2 is 1.91 bits per heavy atom. The molecule has 0 aliphatic rings. The maximum atomic E-state index is 12.1. The van der Waals surface area contributed by atoms with Crippen molar-refractivity contribution in [2.45, 2.75) is 12.5 Å². The van der Waals surface area contributed by atoms with Crippen LogP contribution < -0.4 is 5.32 Å². The van der Waals surface area contributed by atoms with Crippen LogP contribution in [-0.4, -0.2) is 35.2 Å². The number of nitrogens with one attached hydrogen (secondary N) is 1. The Morgan fingerprint density at radius 1 is 1.18 bits per heavy atom. The summed E-state index contributed by atoms with van der Waals surface area (Å²) in [5.41, 5.74) is 0.978. The number of methoxy groups -OCH3 is 1. The Hall–Kier alpha value is -2.47. The molecule has 1 aromatic heterocycles. The molecule has 0 saturated heterocycles. The van der Waals surface area contributed by atoms with Crippen molar-refractivity contribution in [3.05, 3.63) is 58.9 Å². The summed E-state index contributed by atoms with van der Waals surface area (Å²) in [7, 11) is 1.27. The predicted octanol–water partition coefficient (Wildman–Crippen LogP) is 1.64. The van der Waals surface area contributed by atoms with E-state index in [0.717, 1.165) is 5.56 Å². The van der Waals surface area contributed by atoms with E-state index in [-0.39, 0.29) is 10.8 Å². The third-order valence-corrected chi connectivity index (χ3v) is 3.14. The molecule has 0 bridgehead atoms. The Bertz CT molecular complexity index is 647. The van der Waals surface area contributed by atoms with Gasteiger partial charge in [0.25, 0.3) is 5.91 Å². The fourth-order valence-electron chi connectivity index (χ4n) is 1.85. The van der Waals surface area contributed by atoms with Gasteiger partial charge in [-0.3, -0.25) is 4.79 Å². The highest BCUT2D eigenvalue weighted by Gasteiger charge is 2.23. The molecule has 1 amide bonds. The number of nitrogens with zero attached hydrogens (tertiary/aromatic N) is 2. The summed E-state index contributed by atoms with van der Waals surface area (Å²) >= 11 is 5.62. The second kappa shape index (κ2) is 7.51. The molecule has 22 heavy (non-hydrogen) atoms. The predicted molar refractivity (Wildman–Crippen MR) is 80.5 cm³/mol. The highest BCUT2D eigenvalue weighted by molar-refractivity contribution is 6.29. The summed E-state index contributed by atoms with van der Waals surface area (Å²) in [6.07, 6.45) is 0.320. The molecule has 7 heteroatoms. The first-order chi connectivity index (χ1) is 10.6. The summed E-state index contributed by atoms with van der Waals surface area (Å²) < 4.78 is 4.73. The molecule has 0 spiro atoms. The van der Waals surface area contributed by atoms with Gasteiger partial charge < -0.3 is 10.1 Å². The number of benzene rings is 1. The molecule has 1 N–H and O–H groups in total. The highest BCUT2D eigenvalue weighted by Crippen LogP contribution is 2.06. The molecular formula is C15H14ClN3O3. The van der Waals surface area contributed by atoms with Crippen LogP contribution in [0.5, 0.6) is 0 Å². The summed E-state index contributed by atoms with van der Waals surface area (Å²) in [5.74, 6) is -1.05. The van der Waals surface area contributed by atoms with Crippen molar-refractivity contribution >= 4 is 23.5 Å². The summed E-state index contributed by atoms with van der Waals surface area (Å²) in [6, 6.07) is 11.4. The standard InChI is InChI=1S/C15H14ClN3O3/c1-22-15(21)12(9-10-5-3-2-4-6-10)17-14(20)11-7-8-13(16)19-18-11/h2-8,12H,9H2,1H3,(H,17,20). The zero-order valence-electron chi connectivity index (χ0n) is 11.8. The molecule has 0 radical (unpaired) electrons. The SMILES string of the molecule is COC(=O)C(Cc1ccccc1)NC(=O)c1ccc(Cl)nn1. The van der Waals surface area contributed by atoms with Gasteiger partial charge in [0.05, 0.1) is 7.11 Å². The molecular weight excluding hydrogens is 306 g/mol. The van der Waals surface area contributed by atoms with E-state index in [2.05, 4.69) is 15.5 Å². The van der Waals surface area contributed by atoms with Crippen LogP contribution in [0.3, 0.4) is 0 Å². The number of hydrogen-bond donors (Lipinski definition) is 1. The molecule has 0 fully saturated rings. The van der Waals surface area contributed by atoms with Crippen molar-refractivity contribution in [1.29, 1.82) is 0 Å². The molecule has 2 aromatic rings. The van der Waals surface area contributed by atoms with Crippen LogP contribution in [0.1, 0.15) is 16.1 Å². The Labute approximate surface area is 132 Å². The lowest BCUT2D eigenvalue weighted by Gasteiger charge is -2.16. The van der Waals surface area contributed by atoms with Crippen LogP contribution in [-0.2, 0) is 16.0 Å². The molecule has 2 rings (SSSR count). The van der Waals surface area contributed by atoms with Crippen molar-refractivity contribution in [3.8, 4) is 0 Å². The summed E-state index contributed by atoms with van der Waals surface area (Å²) in [4.78, 5) is 24.0. The van der Waals surface area contributed by atoms with Gasteiger partial charge in [0, 0.05) is 6.42 Å². The smallest absolute Gasteiger partial charge is 0.328 e. The minimum atomic E-state index is -0.808. The number of carbonyl (C=O) groups is 2. The van der Waals surface area contributed by atoms with E-state index >= 15 is 0 Å². The molecule has 6 nitrogen and oxygen atoms in total. The molecule has 1 heterocycles. The van der Waals surface area contributed by atoms with Gasteiger partial charge in [-0.15, -0.1) is 10.2 Å². The van der Waals surface area contributed by atoms with E-state index in [1.165, 1.54) is 19.2 Å². The zero-order valence-corrected chi connectivity index (χ0v) is 12.6. The summed E-state index contributed by atoms with van der Waals surface area (Å²) in [5, 5.41) is 10.1. The quantitative estimate of drug-likeness (QED) is 0.847. The van der Waals surface area contributed by atoms with Crippen LogP contribution in [0, 0.1) is 0 Å². The normalized spacial score (nSPS) is 11.5. The van der Waals surface area contributed by atoms with Crippen molar-refractivity contribution < 1.29 is 14.3 Å². The number of ether oxygens (including phenoxy) is 1. The van der Waals surface area contributed by atoms with E-state index in [0.29, 0.717) is 6.42 Å². The van der Waals surface area contributed by atoms with Gasteiger partial charge in [-0.2, -0.15) is 0 Å². The molecule has 0 aliphatic heterocycles. The second-order valence-electron chi connectivity index (χ2n) is 4.48. The number of rotatable bonds is 5. The van der Waals surface area contributed by atoms with Gasteiger partial charge in [-0.25, -0.2) is 4.79 Å². The average Bonchev–Trinajstić information content (AvgIpc) is 2.55. The molecule has 1 unspecified atom stereocenters. The van der Waals surface area contributed by atoms with Gasteiger partial charge >= 0.3 is 5.97 Å². The summed E-state index contributed by atoms with van der Waals surface area (Å²) in [6.45, 7) is 0.